The predicted octanol–water partition coefficient (Wildman–Crippen LogP) is 3.23. The van der Waals surface area contributed by atoms with Gasteiger partial charge in [-0.1, -0.05) is 43.9 Å². The Bertz CT molecular complexity index is 696. The van der Waals surface area contributed by atoms with Gasteiger partial charge in [-0.2, -0.15) is 0 Å². The number of carbonyl (C=O) groups excluding carboxylic acids is 1. The van der Waals surface area contributed by atoms with E-state index in [0.717, 1.165) is 11.1 Å². The molecule has 1 N–H and O–H groups in total. The highest BCUT2D eigenvalue weighted by Gasteiger charge is 2.15. The lowest BCUT2D eigenvalue weighted by molar-refractivity contribution is 0.0957. The van der Waals surface area contributed by atoms with Crippen LogP contribution in [0.2, 0.25) is 0 Å². The molecule has 22 heavy (non-hydrogen) atoms. The first kappa shape index (κ1) is 15.7. The van der Waals surface area contributed by atoms with Crippen molar-refractivity contribution in [1.29, 1.82) is 0 Å². The Labute approximate surface area is 131 Å². The Kier molecular flexibility index (Phi) is 5.62. The standard InChI is InChI=1S/C17H13NO2.C2H6/c19-17-15-12-14(7-6-13-4-2-1-3-5-13)8-9-16(15)20-11-10-18-17;1-2/h1-5,8-9,12H,10-11H2,(H,18,19);1-2H3. The molecule has 112 valence electrons. The molecular formula is C19H19NO2. The van der Waals surface area contributed by atoms with Crippen LogP contribution in [0.1, 0.15) is 35.3 Å². The van der Waals surface area contributed by atoms with Gasteiger partial charge in [0.05, 0.1) is 12.1 Å². The summed E-state index contributed by atoms with van der Waals surface area (Å²) in [4.78, 5) is 11.9. The average molecular weight is 293 g/mol. The molecule has 2 aromatic carbocycles. The van der Waals surface area contributed by atoms with Crippen LogP contribution in [-0.4, -0.2) is 19.1 Å². The maximum atomic E-state index is 11.9. The number of carbonyl (C=O) groups is 1. The Hall–Kier alpha value is -2.73. The molecule has 0 atom stereocenters. The summed E-state index contributed by atoms with van der Waals surface area (Å²) in [5.41, 5.74) is 2.29. The highest BCUT2D eigenvalue weighted by Crippen LogP contribution is 2.21. The summed E-state index contributed by atoms with van der Waals surface area (Å²) in [5.74, 6) is 6.65. The summed E-state index contributed by atoms with van der Waals surface area (Å²) in [5, 5.41) is 2.79. The molecule has 1 aliphatic heterocycles. The van der Waals surface area contributed by atoms with Crippen molar-refractivity contribution in [2.45, 2.75) is 13.8 Å². The summed E-state index contributed by atoms with van der Waals surface area (Å²) in [6.45, 7) is 5.02. The van der Waals surface area contributed by atoms with E-state index in [1.807, 2.05) is 50.2 Å². The molecule has 0 aromatic heterocycles. The molecule has 0 aliphatic carbocycles. The van der Waals surface area contributed by atoms with E-state index in [1.54, 1.807) is 12.1 Å². The van der Waals surface area contributed by atoms with Gasteiger partial charge >= 0.3 is 0 Å². The Morgan fingerprint density at radius 1 is 1.00 bits per heavy atom. The van der Waals surface area contributed by atoms with Crippen molar-refractivity contribution < 1.29 is 9.53 Å². The zero-order valence-electron chi connectivity index (χ0n) is 12.8. The fourth-order valence-corrected chi connectivity index (χ4v) is 2.00. The monoisotopic (exact) mass is 293 g/mol. The zero-order valence-corrected chi connectivity index (χ0v) is 12.8. The van der Waals surface area contributed by atoms with E-state index in [9.17, 15) is 4.79 Å². The number of fused-ring (bicyclic) bond motifs is 1. The summed E-state index contributed by atoms with van der Waals surface area (Å²) in [7, 11) is 0. The van der Waals surface area contributed by atoms with Gasteiger partial charge in [0.1, 0.15) is 12.4 Å². The predicted molar refractivity (Wildman–Crippen MR) is 88.0 cm³/mol. The SMILES string of the molecule is CC.O=C1NCCOc2ccc(C#Cc3ccccc3)cc21. The number of hydrogen-bond acceptors (Lipinski definition) is 2. The highest BCUT2D eigenvalue weighted by atomic mass is 16.5. The third-order valence-electron chi connectivity index (χ3n) is 2.99. The molecule has 0 spiro atoms. The van der Waals surface area contributed by atoms with Crippen molar-refractivity contribution in [2.75, 3.05) is 13.2 Å². The smallest absolute Gasteiger partial charge is 0.255 e. The second kappa shape index (κ2) is 7.90. The Balaban J connectivity index is 0.000000847. The molecule has 0 radical (unpaired) electrons. The van der Waals surface area contributed by atoms with Gasteiger partial charge in [-0.25, -0.2) is 0 Å². The second-order valence-corrected chi connectivity index (χ2v) is 4.43. The summed E-state index contributed by atoms with van der Waals surface area (Å²) in [6, 6.07) is 15.2. The van der Waals surface area contributed by atoms with E-state index >= 15 is 0 Å². The maximum absolute atomic E-state index is 11.9. The molecule has 0 unspecified atom stereocenters. The third kappa shape index (κ3) is 3.89. The van der Waals surface area contributed by atoms with Crippen molar-refractivity contribution in [3.05, 3.63) is 65.2 Å². The molecule has 1 aliphatic rings. The number of amides is 1. The minimum absolute atomic E-state index is 0.110. The van der Waals surface area contributed by atoms with Gasteiger partial charge in [0, 0.05) is 11.1 Å². The summed E-state index contributed by atoms with van der Waals surface area (Å²) in [6.07, 6.45) is 0. The van der Waals surface area contributed by atoms with E-state index in [-0.39, 0.29) is 5.91 Å². The maximum Gasteiger partial charge on any atom is 0.255 e. The van der Waals surface area contributed by atoms with Crippen molar-refractivity contribution in [3.63, 3.8) is 0 Å². The number of ether oxygens (including phenoxy) is 1. The first-order valence-electron chi connectivity index (χ1n) is 7.45. The van der Waals surface area contributed by atoms with E-state index < -0.39 is 0 Å². The molecule has 3 heteroatoms. The van der Waals surface area contributed by atoms with Crippen LogP contribution >= 0.6 is 0 Å². The summed E-state index contributed by atoms with van der Waals surface area (Å²) >= 11 is 0. The molecule has 1 amide bonds. The molecule has 0 saturated carbocycles. The first-order valence-corrected chi connectivity index (χ1v) is 7.45. The minimum atomic E-state index is -0.110. The van der Waals surface area contributed by atoms with Gasteiger partial charge in [-0.05, 0) is 30.3 Å². The molecule has 1 heterocycles. The van der Waals surface area contributed by atoms with Gasteiger partial charge < -0.3 is 10.1 Å². The van der Waals surface area contributed by atoms with Gasteiger partial charge in [0.15, 0.2) is 0 Å². The van der Waals surface area contributed by atoms with Crippen LogP contribution in [0.5, 0.6) is 5.75 Å². The topological polar surface area (TPSA) is 38.3 Å². The minimum Gasteiger partial charge on any atom is -0.491 e. The first-order chi connectivity index (χ1) is 10.8. The van der Waals surface area contributed by atoms with E-state index in [2.05, 4.69) is 17.2 Å². The Morgan fingerprint density at radius 2 is 1.73 bits per heavy atom. The van der Waals surface area contributed by atoms with Gasteiger partial charge in [0.25, 0.3) is 5.91 Å². The molecule has 2 aromatic rings. The van der Waals surface area contributed by atoms with Crippen LogP contribution in [0, 0.1) is 11.8 Å². The molecular weight excluding hydrogens is 274 g/mol. The van der Waals surface area contributed by atoms with Crippen LogP contribution in [0.4, 0.5) is 0 Å². The van der Waals surface area contributed by atoms with Crippen LogP contribution in [0.3, 0.4) is 0 Å². The molecule has 0 fully saturated rings. The van der Waals surface area contributed by atoms with Crippen LogP contribution in [0.25, 0.3) is 0 Å². The zero-order chi connectivity index (χ0) is 15.8. The third-order valence-corrected chi connectivity index (χ3v) is 2.99. The second-order valence-electron chi connectivity index (χ2n) is 4.43. The fraction of sp³-hybridized carbons (Fsp3) is 0.211. The molecule has 0 saturated heterocycles. The van der Waals surface area contributed by atoms with E-state index in [4.69, 9.17) is 4.74 Å². The lowest BCUT2D eigenvalue weighted by Gasteiger charge is -2.04. The van der Waals surface area contributed by atoms with Crippen LogP contribution in [-0.2, 0) is 0 Å². The molecule has 3 rings (SSSR count). The lowest BCUT2D eigenvalue weighted by Crippen LogP contribution is -2.24. The van der Waals surface area contributed by atoms with E-state index in [0.29, 0.717) is 24.5 Å². The van der Waals surface area contributed by atoms with Crippen LogP contribution < -0.4 is 10.1 Å². The van der Waals surface area contributed by atoms with Crippen molar-refractivity contribution in [1.82, 2.24) is 5.32 Å². The lowest BCUT2D eigenvalue weighted by atomic mass is 10.1. The number of hydrogen-bond donors (Lipinski definition) is 1. The Morgan fingerprint density at radius 3 is 2.50 bits per heavy atom. The van der Waals surface area contributed by atoms with E-state index in [1.165, 1.54) is 0 Å². The van der Waals surface area contributed by atoms with Crippen molar-refractivity contribution in [3.8, 4) is 17.6 Å². The average Bonchev–Trinajstić information content (AvgIpc) is 2.77. The number of nitrogens with one attached hydrogen (secondary N) is 1. The van der Waals surface area contributed by atoms with Gasteiger partial charge in [0.2, 0.25) is 0 Å². The molecule has 0 bridgehead atoms. The largest absolute Gasteiger partial charge is 0.491 e. The van der Waals surface area contributed by atoms with Gasteiger partial charge in [-0.15, -0.1) is 0 Å². The van der Waals surface area contributed by atoms with Crippen LogP contribution in [0.15, 0.2) is 48.5 Å². The number of benzene rings is 2. The highest BCUT2D eigenvalue weighted by molar-refractivity contribution is 5.97. The van der Waals surface area contributed by atoms with Gasteiger partial charge in [-0.3, -0.25) is 4.79 Å². The number of rotatable bonds is 0. The van der Waals surface area contributed by atoms with Crippen molar-refractivity contribution in [2.24, 2.45) is 0 Å². The summed E-state index contributed by atoms with van der Waals surface area (Å²) < 4.78 is 5.51. The molecule has 3 nitrogen and oxygen atoms in total. The normalized spacial score (nSPS) is 12.2. The fourth-order valence-electron chi connectivity index (χ4n) is 2.00. The van der Waals surface area contributed by atoms with Crippen molar-refractivity contribution >= 4 is 5.91 Å². The quantitative estimate of drug-likeness (QED) is 0.757.